The van der Waals surface area contributed by atoms with Gasteiger partial charge in [-0.1, -0.05) is 11.6 Å². The van der Waals surface area contributed by atoms with Gasteiger partial charge in [-0.25, -0.2) is 13.8 Å². The molecule has 0 radical (unpaired) electrons. The first-order chi connectivity index (χ1) is 6.18. The Hall–Kier alpha value is -0.900. The minimum Gasteiger partial charge on any atom is -0.385 e. The number of halogens is 3. The number of pyridine rings is 1. The van der Waals surface area contributed by atoms with E-state index in [-0.39, 0.29) is 13.0 Å². The molecule has 0 aliphatic heterocycles. The molecular weight excluding hydrogens is 198 g/mol. The Morgan fingerprint density at radius 2 is 2.31 bits per heavy atom. The number of hydrogen-bond donors (Lipinski definition) is 1. The summed E-state index contributed by atoms with van der Waals surface area (Å²) in [5, 5.41) is 3.16. The molecule has 1 N–H and O–H groups in total. The highest BCUT2D eigenvalue weighted by Gasteiger charge is 2.01. The lowest BCUT2D eigenvalue weighted by molar-refractivity contribution is 0.142. The average Bonchev–Trinajstić information content (AvgIpc) is 2.03. The molecule has 1 rings (SSSR count). The molecule has 0 bridgehead atoms. The van der Waals surface area contributed by atoms with E-state index in [0.29, 0.717) is 10.8 Å². The van der Waals surface area contributed by atoms with Crippen molar-refractivity contribution >= 4 is 17.3 Å². The lowest BCUT2D eigenvalue weighted by Gasteiger charge is -2.04. The molecule has 72 valence electrons. The van der Waals surface area contributed by atoms with Crippen LogP contribution in [-0.2, 0) is 0 Å². The third kappa shape index (κ3) is 4.03. The molecule has 0 atom stereocenters. The minimum atomic E-state index is -2.27. The molecule has 0 aliphatic carbocycles. The maximum atomic E-state index is 11.7. The van der Waals surface area contributed by atoms with Crippen LogP contribution in [0.5, 0.6) is 0 Å². The van der Waals surface area contributed by atoms with Crippen molar-refractivity contribution in [2.75, 3.05) is 11.9 Å². The average molecular weight is 207 g/mol. The predicted octanol–water partition coefficient (Wildman–Crippen LogP) is 2.80. The maximum absolute atomic E-state index is 11.7. The Morgan fingerprint density at radius 1 is 1.54 bits per heavy atom. The molecule has 1 heterocycles. The lowest BCUT2D eigenvalue weighted by Crippen LogP contribution is -2.05. The smallest absolute Gasteiger partial charge is 0.240 e. The topological polar surface area (TPSA) is 24.9 Å². The summed E-state index contributed by atoms with van der Waals surface area (Å²) in [6.07, 6.45) is -0.919. The summed E-state index contributed by atoms with van der Waals surface area (Å²) in [5.74, 6) is 0. The van der Waals surface area contributed by atoms with Crippen molar-refractivity contribution < 1.29 is 8.78 Å². The first kappa shape index (κ1) is 10.2. The van der Waals surface area contributed by atoms with Crippen LogP contribution in [0.2, 0.25) is 5.15 Å². The van der Waals surface area contributed by atoms with E-state index < -0.39 is 6.43 Å². The predicted molar refractivity (Wildman–Crippen MR) is 48.4 cm³/mol. The van der Waals surface area contributed by atoms with Crippen LogP contribution in [-0.4, -0.2) is 18.0 Å². The number of hydrogen-bond acceptors (Lipinski definition) is 2. The van der Waals surface area contributed by atoms with Gasteiger partial charge in [-0.05, 0) is 12.1 Å². The SMILES string of the molecule is FC(F)CCNc1ccnc(Cl)c1. The normalized spacial score (nSPS) is 10.5. The van der Waals surface area contributed by atoms with Crippen LogP contribution < -0.4 is 5.32 Å². The van der Waals surface area contributed by atoms with Gasteiger partial charge in [0.2, 0.25) is 6.43 Å². The summed E-state index contributed by atoms with van der Waals surface area (Å²) in [5.41, 5.74) is 0.709. The molecule has 0 unspecified atom stereocenters. The molecule has 5 heteroatoms. The van der Waals surface area contributed by atoms with Crippen molar-refractivity contribution in [3.8, 4) is 0 Å². The largest absolute Gasteiger partial charge is 0.385 e. The van der Waals surface area contributed by atoms with Crippen molar-refractivity contribution in [1.82, 2.24) is 4.98 Å². The third-order valence-electron chi connectivity index (χ3n) is 1.42. The second-order valence-corrected chi connectivity index (χ2v) is 2.86. The molecular formula is C8H9ClF2N2. The molecule has 1 aromatic rings. The van der Waals surface area contributed by atoms with Crippen LogP contribution in [0, 0.1) is 0 Å². The van der Waals surface area contributed by atoms with E-state index in [2.05, 4.69) is 10.3 Å². The molecule has 0 fully saturated rings. The van der Waals surface area contributed by atoms with Crippen molar-refractivity contribution in [3.05, 3.63) is 23.5 Å². The van der Waals surface area contributed by atoms with Gasteiger partial charge in [-0.2, -0.15) is 0 Å². The van der Waals surface area contributed by atoms with Crippen LogP contribution in [0.1, 0.15) is 6.42 Å². The van der Waals surface area contributed by atoms with Gasteiger partial charge < -0.3 is 5.32 Å². The fourth-order valence-electron chi connectivity index (χ4n) is 0.838. The van der Waals surface area contributed by atoms with Crippen molar-refractivity contribution in [3.63, 3.8) is 0 Å². The summed E-state index contributed by atoms with van der Waals surface area (Å²) in [4.78, 5) is 3.76. The Kier molecular flexibility index (Phi) is 3.89. The van der Waals surface area contributed by atoms with Crippen LogP contribution in [0.3, 0.4) is 0 Å². The van der Waals surface area contributed by atoms with Gasteiger partial charge in [-0.3, -0.25) is 0 Å². The summed E-state index contributed by atoms with van der Waals surface area (Å²) >= 11 is 5.59. The number of rotatable bonds is 4. The number of nitrogens with zero attached hydrogens (tertiary/aromatic N) is 1. The Bertz CT molecular complexity index is 268. The number of anilines is 1. The second-order valence-electron chi connectivity index (χ2n) is 2.47. The molecule has 0 saturated carbocycles. The van der Waals surface area contributed by atoms with Crippen molar-refractivity contribution in [1.29, 1.82) is 0 Å². The van der Waals surface area contributed by atoms with Crippen LogP contribution in [0.4, 0.5) is 14.5 Å². The van der Waals surface area contributed by atoms with E-state index in [1.54, 1.807) is 12.1 Å². The van der Waals surface area contributed by atoms with E-state index in [9.17, 15) is 8.78 Å². The summed E-state index contributed by atoms with van der Waals surface area (Å²) in [6.45, 7) is 0.234. The Morgan fingerprint density at radius 3 is 2.92 bits per heavy atom. The molecule has 13 heavy (non-hydrogen) atoms. The molecule has 0 aromatic carbocycles. The fraction of sp³-hybridized carbons (Fsp3) is 0.375. The molecule has 0 amide bonds. The molecule has 2 nitrogen and oxygen atoms in total. The second kappa shape index (κ2) is 4.97. The van der Waals surface area contributed by atoms with Crippen LogP contribution in [0.15, 0.2) is 18.3 Å². The standard InChI is InChI=1S/C8H9ClF2N2/c9-7-5-6(1-3-13-7)12-4-2-8(10)11/h1,3,5,8H,2,4H2,(H,12,13). The van der Waals surface area contributed by atoms with E-state index in [1.165, 1.54) is 6.20 Å². The van der Waals surface area contributed by atoms with E-state index in [1.807, 2.05) is 0 Å². The first-order valence-corrected chi connectivity index (χ1v) is 4.20. The van der Waals surface area contributed by atoms with Crippen molar-refractivity contribution in [2.45, 2.75) is 12.8 Å². The highest BCUT2D eigenvalue weighted by molar-refractivity contribution is 6.29. The number of aromatic nitrogens is 1. The highest BCUT2D eigenvalue weighted by atomic mass is 35.5. The quantitative estimate of drug-likeness (QED) is 0.767. The molecule has 1 aromatic heterocycles. The Labute approximate surface area is 79.9 Å². The third-order valence-corrected chi connectivity index (χ3v) is 1.62. The summed E-state index contributed by atoms with van der Waals surface area (Å²) < 4.78 is 23.5. The van der Waals surface area contributed by atoms with Gasteiger partial charge >= 0.3 is 0 Å². The van der Waals surface area contributed by atoms with Crippen molar-refractivity contribution in [2.24, 2.45) is 0 Å². The fourth-order valence-corrected chi connectivity index (χ4v) is 1.01. The lowest BCUT2D eigenvalue weighted by atomic mass is 10.4. The number of alkyl halides is 2. The Balaban J connectivity index is 2.37. The highest BCUT2D eigenvalue weighted by Crippen LogP contribution is 2.12. The van der Waals surface area contributed by atoms with Gasteiger partial charge in [0.1, 0.15) is 5.15 Å². The first-order valence-electron chi connectivity index (χ1n) is 3.82. The zero-order valence-corrected chi connectivity index (χ0v) is 7.56. The molecule has 0 aliphatic rings. The zero-order valence-electron chi connectivity index (χ0n) is 6.80. The van der Waals surface area contributed by atoms with E-state index in [0.717, 1.165) is 0 Å². The minimum absolute atomic E-state index is 0.167. The van der Waals surface area contributed by atoms with Crippen LogP contribution >= 0.6 is 11.6 Å². The van der Waals surface area contributed by atoms with Crippen LogP contribution in [0.25, 0.3) is 0 Å². The summed E-state index contributed by atoms with van der Waals surface area (Å²) in [6, 6.07) is 3.27. The molecule has 0 spiro atoms. The van der Waals surface area contributed by atoms with Gasteiger partial charge in [-0.15, -0.1) is 0 Å². The summed E-state index contributed by atoms with van der Waals surface area (Å²) in [7, 11) is 0. The van der Waals surface area contributed by atoms with Gasteiger partial charge in [0, 0.05) is 24.8 Å². The maximum Gasteiger partial charge on any atom is 0.240 e. The number of nitrogens with one attached hydrogen (secondary N) is 1. The van der Waals surface area contributed by atoms with E-state index in [4.69, 9.17) is 11.6 Å². The molecule has 0 saturated heterocycles. The van der Waals surface area contributed by atoms with Gasteiger partial charge in [0.05, 0.1) is 0 Å². The van der Waals surface area contributed by atoms with E-state index >= 15 is 0 Å². The van der Waals surface area contributed by atoms with Gasteiger partial charge in [0.25, 0.3) is 0 Å². The zero-order chi connectivity index (χ0) is 9.68. The monoisotopic (exact) mass is 206 g/mol. The van der Waals surface area contributed by atoms with Gasteiger partial charge in [0.15, 0.2) is 0 Å².